The first-order chi connectivity index (χ1) is 5.61. The monoisotopic (exact) mass is 164 g/mol. The highest BCUT2D eigenvalue weighted by Gasteiger charge is 2.02. The topological polar surface area (TPSA) is 52.0 Å². The molecule has 0 aromatic heterocycles. The lowest BCUT2D eigenvalue weighted by Gasteiger charge is -2.10. The minimum absolute atomic E-state index is 0.0868. The normalized spacial score (nSPS) is 15.7. The van der Waals surface area contributed by atoms with Crippen molar-refractivity contribution in [1.82, 2.24) is 0 Å². The molecular weight excluding hydrogens is 148 g/mol. The Labute approximate surface area is 73.6 Å². The van der Waals surface area contributed by atoms with E-state index in [9.17, 15) is 0 Å². The second kappa shape index (κ2) is 3.70. The zero-order valence-corrected chi connectivity index (χ0v) is 7.62. The molecule has 1 rings (SSSR count). The van der Waals surface area contributed by atoms with Crippen molar-refractivity contribution >= 4 is 0 Å². The molecule has 0 aliphatic rings. The molecule has 2 nitrogen and oxygen atoms in total. The van der Waals surface area contributed by atoms with Gasteiger partial charge in [0.25, 0.3) is 0 Å². The second-order valence-corrected chi connectivity index (χ2v) is 3.25. The summed E-state index contributed by atoms with van der Waals surface area (Å²) in [6.07, 6.45) is 0. The van der Waals surface area contributed by atoms with Crippen molar-refractivity contribution in [3.05, 3.63) is 35.4 Å². The van der Waals surface area contributed by atoms with Gasteiger partial charge in [0.15, 0.2) is 0 Å². The van der Waals surface area contributed by atoms with Gasteiger partial charge in [0.1, 0.15) is 0 Å². The molecule has 0 aliphatic heterocycles. The van der Waals surface area contributed by atoms with Gasteiger partial charge in [-0.05, 0) is 25.0 Å². The Balaban J connectivity index is 2.96. The molecule has 4 N–H and O–H groups in total. The van der Waals surface area contributed by atoms with Gasteiger partial charge in [-0.1, -0.05) is 24.3 Å². The van der Waals surface area contributed by atoms with Gasteiger partial charge in [-0.25, -0.2) is 0 Å². The van der Waals surface area contributed by atoms with Crippen LogP contribution in [0.3, 0.4) is 0 Å². The van der Waals surface area contributed by atoms with Crippen LogP contribution < -0.4 is 11.5 Å². The van der Waals surface area contributed by atoms with Crippen molar-refractivity contribution < 1.29 is 0 Å². The smallest absolute Gasteiger partial charge is 0.0266 e. The van der Waals surface area contributed by atoms with E-state index in [1.165, 1.54) is 0 Å². The first-order valence-corrected chi connectivity index (χ1v) is 4.22. The van der Waals surface area contributed by atoms with E-state index in [-0.39, 0.29) is 12.1 Å². The maximum atomic E-state index is 5.74. The van der Waals surface area contributed by atoms with E-state index in [0.717, 1.165) is 11.1 Å². The fourth-order valence-corrected chi connectivity index (χ4v) is 1.13. The molecular formula is C10H16N2. The highest BCUT2D eigenvalue weighted by molar-refractivity contribution is 5.27. The second-order valence-electron chi connectivity index (χ2n) is 3.25. The van der Waals surface area contributed by atoms with E-state index >= 15 is 0 Å². The lowest BCUT2D eigenvalue weighted by atomic mass is 10.0. The quantitative estimate of drug-likeness (QED) is 0.699. The first kappa shape index (κ1) is 9.23. The first-order valence-electron chi connectivity index (χ1n) is 4.22. The Kier molecular flexibility index (Phi) is 2.84. The van der Waals surface area contributed by atoms with E-state index in [2.05, 4.69) is 6.07 Å². The molecule has 0 aliphatic carbocycles. The van der Waals surface area contributed by atoms with Gasteiger partial charge in [0.05, 0.1) is 0 Å². The molecule has 0 radical (unpaired) electrons. The molecule has 1 aromatic carbocycles. The Morgan fingerprint density at radius 3 is 1.75 bits per heavy atom. The van der Waals surface area contributed by atoms with Crippen molar-refractivity contribution in [1.29, 1.82) is 0 Å². The summed E-state index contributed by atoms with van der Waals surface area (Å²) in [4.78, 5) is 0. The third kappa shape index (κ3) is 2.06. The predicted molar refractivity (Wildman–Crippen MR) is 51.6 cm³/mol. The minimum atomic E-state index is 0.0868. The van der Waals surface area contributed by atoms with Crippen molar-refractivity contribution in [3.8, 4) is 0 Å². The number of hydrogen-bond acceptors (Lipinski definition) is 2. The molecule has 0 heterocycles. The van der Waals surface area contributed by atoms with Crippen LogP contribution in [0.5, 0.6) is 0 Å². The largest absolute Gasteiger partial charge is 0.324 e. The average Bonchev–Trinajstić information content (AvgIpc) is 2.04. The highest BCUT2D eigenvalue weighted by Crippen LogP contribution is 2.15. The SMILES string of the molecule is C[C@@H](N)c1cccc([C@@H](C)N)c1. The van der Waals surface area contributed by atoms with Crippen LogP contribution >= 0.6 is 0 Å². The summed E-state index contributed by atoms with van der Waals surface area (Å²) < 4.78 is 0. The van der Waals surface area contributed by atoms with Gasteiger partial charge in [0, 0.05) is 12.1 Å². The number of hydrogen-bond donors (Lipinski definition) is 2. The molecule has 0 fully saturated rings. The van der Waals surface area contributed by atoms with Gasteiger partial charge < -0.3 is 11.5 Å². The van der Waals surface area contributed by atoms with Crippen LogP contribution in [0.1, 0.15) is 37.1 Å². The van der Waals surface area contributed by atoms with Crippen molar-refractivity contribution in [2.75, 3.05) is 0 Å². The Morgan fingerprint density at radius 2 is 1.42 bits per heavy atom. The molecule has 0 spiro atoms. The zero-order valence-electron chi connectivity index (χ0n) is 7.62. The molecule has 66 valence electrons. The maximum Gasteiger partial charge on any atom is 0.0266 e. The number of nitrogens with two attached hydrogens (primary N) is 2. The standard InChI is InChI=1S/C10H16N2/c1-7(11)9-4-3-5-10(6-9)8(2)12/h3-8H,11-12H2,1-2H3/t7-,8-/m1/s1. The molecule has 0 saturated heterocycles. The minimum Gasteiger partial charge on any atom is -0.324 e. The Bertz CT molecular complexity index is 231. The van der Waals surface area contributed by atoms with Gasteiger partial charge in [-0.3, -0.25) is 0 Å². The summed E-state index contributed by atoms with van der Waals surface area (Å²) in [5.74, 6) is 0. The van der Waals surface area contributed by atoms with Crippen LogP contribution in [0, 0.1) is 0 Å². The third-order valence-corrected chi connectivity index (χ3v) is 1.96. The van der Waals surface area contributed by atoms with Gasteiger partial charge >= 0.3 is 0 Å². The summed E-state index contributed by atoms with van der Waals surface area (Å²) >= 11 is 0. The third-order valence-electron chi connectivity index (χ3n) is 1.96. The summed E-state index contributed by atoms with van der Waals surface area (Å²) in [5.41, 5.74) is 13.8. The lowest BCUT2D eigenvalue weighted by molar-refractivity contribution is 0.789. The number of benzene rings is 1. The summed E-state index contributed by atoms with van der Waals surface area (Å²) in [6.45, 7) is 3.95. The Hall–Kier alpha value is -0.860. The summed E-state index contributed by atoms with van der Waals surface area (Å²) in [6, 6.07) is 8.28. The van der Waals surface area contributed by atoms with Gasteiger partial charge in [-0.2, -0.15) is 0 Å². The van der Waals surface area contributed by atoms with Crippen LogP contribution in [0.2, 0.25) is 0 Å². The fourth-order valence-electron chi connectivity index (χ4n) is 1.13. The van der Waals surface area contributed by atoms with E-state index in [1.807, 2.05) is 32.0 Å². The Morgan fingerprint density at radius 1 is 1.00 bits per heavy atom. The van der Waals surface area contributed by atoms with Crippen LogP contribution in [0.15, 0.2) is 24.3 Å². The van der Waals surface area contributed by atoms with Crippen LogP contribution in [0.25, 0.3) is 0 Å². The van der Waals surface area contributed by atoms with Gasteiger partial charge in [-0.15, -0.1) is 0 Å². The van der Waals surface area contributed by atoms with Crippen LogP contribution in [-0.4, -0.2) is 0 Å². The molecule has 2 atom stereocenters. The van der Waals surface area contributed by atoms with Crippen LogP contribution in [0.4, 0.5) is 0 Å². The molecule has 0 unspecified atom stereocenters. The summed E-state index contributed by atoms with van der Waals surface area (Å²) in [7, 11) is 0. The molecule has 0 saturated carbocycles. The van der Waals surface area contributed by atoms with Crippen LogP contribution in [-0.2, 0) is 0 Å². The van der Waals surface area contributed by atoms with Gasteiger partial charge in [0.2, 0.25) is 0 Å². The predicted octanol–water partition coefficient (Wildman–Crippen LogP) is 1.73. The van der Waals surface area contributed by atoms with Crippen molar-refractivity contribution in [2.45, 2.75) is 25.9 Å². The molecule has 2 heteroatoms. The molecule has 0 amide bonds. The molecule has 1 aromatic rings. The van der Waals surface area contributed by atoms with E-state index in [0.29, 0.717) is 0 Å². The average molecular weight is 164 g/mol. The van der Waals surface area contributed by atoms with Crippen molar-refractivity contribution in [3.63, 3.8) is 0 Å². The lowest BCUT2D eigenvalue weighted by Crippen LogP contribution is -2.08. The van der Waals surface area contributed by atoms with Crippen molar-refractivity contribution in [2.24, 2.45) is 11.5 Å². The molecule has 0 bridgehead atoms. The molecule has 12 heavy (non-hydrogen) atoms. The highest BCUT2D eigenvalue weighted by atomic mass is 14.6. The maximum absolute atomic E-state index is 5.74. The zero-order chi connectivity index (χ0) is 9.14. The van der Waals surface area contributed by atoms with E-state index in [1.54, 1.807) is 0 Å². The van der Waals surface area contributed by atoms with E-state index in [4.69, 9.17) is 11.5 Å². The number of rotatable bonds is 2. The fraction of sp³-hybridized carbons (Fsp3) is 0.400. The van der Waals surface area contributed by atoms with E-state index < -0.39 is 0 Å². The summed E-state index contributed by atoms with van der Waals surface area (Å²) in [5, 5.41) is 0.